The van der Waals surface area contributed by atoms with Crippen LogP contribution in [0.4, 0.5) is 0 Å². The van der Waals surface area contributed by atoms with Crippen LogP contribution in [-0.4, -0.2) is 9.97 Å². The maximum atomic E-state index is 9.29. The predicted molar refractivity (Wildman–Crippen MR) is 71.0 cm³/mol. The van der Waals surface area contributed by atoms with Crippen molar-refractivity contribution in [1.82, 2.24) is 9.97 Å². The number of hydrogen-bond donors (Lipinski definition) is 0. The van der Waals surface area contributed by atoms with E-state index in [-0.39, 0.29) is 33.8 Å². The molecule has 7 heteroatoms. The fraction of sp³-hybridized carbons (Fsp3) is 0. The van der Waals surface area contributed by atoms with E-state index in [0.717, 1.165) is 0 Å². The van der Waals surface area contributed by atoms with Gasteiger partial charge in [-0.1, -0.05) is 0 Å². The Labute approximate surface area is 125 Å². The quantitative estimate of drug-likeness (QED) is 0.769. The summed E-state index contributed by atoms with van der Waals surface area (Å²) in [7, 11) is 0. The van der Waals surface area contributed by atoms with Crippen LogP contribution in [-0.2, 0) is 0 Å². The Morgan fingerprint density at radius 2 is 1.36 bits per heavy atom. The van der Waals surface area contributed by atoms with Crippen LogP contribution in [0.1, 0.15) is 28.2 Å². The monoisotopic (exact) mass is 281 g/mol. The number of aromatic nitrogens is 2. The average molecular weight is 281 g/mol. The Bertz CT molecular complexity index is 935. The molecule has 0 radical (unpaired) electrons. The molecule has 0 saturated heterocycles. The van der Waals surface area contributed by atoms with Crippen molar-refractivity contribution in [3.05, 3.63) is 46.5 Å². The highest BCUT2D eigenvalue weighted by molar-refractivity contribution is 5.80. The summed E-state index contributed by atoms with van der Waals surface area (Å²) >= 11 is 0. The number of nitrogens with zero attached hydrogens (tertiary/aromatic N) is 7. The maximum Gasteiger partial charge on any atom is 0.160 e. The molecule has 0 bridgehead atoms. The molecular weight excluding hydrogens is 278 g/mol. The largest absolute Gasteiger partial charge is 0.246 e. The molecule has 0 saturated carbocycles. The molecule has 2 aromatic heterocycles. The standard InChI is InChI=1S/C15H3N7/c16-4-10-3-9(1-2-21-10)15-11(5-17)13(7-19)22-14(8-20)12(15)6-18/h1-3H. The second kappa shape index (κ2) is 5.81. The van der Waals surface area contributed by atoms with Gasteiger partial charge in [-0.2, -0.15) is 26.3 Å². The zero-order chi connectivity index (χ0) is 16.1. The molecule has 0 aliphatic rings. The van der Waals surface area contributed by atoms with Crippen molar-refractivity contribution in [3.63, 3.8) is 0 Å². The first-order valence-corrected chi connectivity index (χ1v) is 5.75. The first-order valence-electron chi connectivity index (χ1n) is 5.75. The summed E-state index contributed by atoms with van der Waals surface area (Å²) in [6, 6.07) is 11.8. The Morgan fingerprint density at radius 1 is 0.773 bits per heavy atom. The maximum absolute atomic E-state index is 9.29. The zero-order valence-corrected chi connectivity index (χ0v) is 10.9. The van der Waals surface area contributed by atoms with Crippen molar-refractivity contribution < 1.29 is 0 Å². The van der Waals surface area contributed by atoms with E-state index < -0.39 is 0 Å². The number of hydrogen-bond acceptors (Lipinski definition) is 7. The van der Waals surface area contributed by atoms with Gasteiger partial charge in [0, 0.05) is 11.8 Å². The summed E-state index contributed by atoms with van der Waals surface area (Å²) in [4.78, 5) is 7.54. The third kappa shape index (κ3) is 2.17. The smallest absolute Gasteiger partial charge is 0.160 e. The molecule has 0 aliphatic heterocycles. The molecule has 0 aliphatic carbocycles. The highest BCUT2D eigenvalue weighted by atomic mass is 14.7. The first-order chi connectivity index (χ1) is 10.7. The van der Waals surface area contributed by atoms with Gasteiger partial charge in [0.1, 0.15) is 36.0 Å². The van der Waals surface area contributed by atoms with E-state index in [0.29, 0.717) is 5.56 Å². The molecule has 2 aromatic rings. The molecule has 2 rings (SSSR count). The van der Waals surface area contributed by atoms with Crippen molar-refractivity contribution in [2.75, 3.05) is 0 Å². The van der Waals surface area contributed by atoms with Gasteiger partial charge in [0.05, 0.1) is 11.1 Å². The molecule has 22 heavy (non-hydrogen) atoms. The van der Waals surface area contributed by atoms with Crippen LogP contribution in [0.5, 0.6) is 0 Å². The van der Waals surface area contributed by atoms with Crippen molar-refractivity contribution in [2.24, 2.45) is 0 Å². The van der Waals surface area contributed by atoms with Crippen LogP contribution in [0.15, 0.2) is 18.3 Å². The minimum Gasteiger partial charge on any atom is -0.246 e. The van der Waals surface area contributed by atoms with Crippen molar-refractivity contribution in [3.8, 4) is 41.5 Å². The van der Waals surface area contributed by atoms with E-state index in [1.165, 1.54) is 18.3 Å². The molecule has 0 fully saturated rings. The minimum atomic E-state index is -0.247. The van der Waals surface area contributed by atoms with Gasteiger partial charge >= 0.3 is 0 Å². The molecule has 0 aromatic carbocycles. The van der Waals surface area contributed by atoms with Crippen LogP contribution in [0, 0.1) is 56.7 Å². The molecular formula is C15H3N7. The van der Waals surface area contributed by atoms with Crippen LogP contribution < -0.4 is 0 Å². The van der Waals surface area contributed by atoms with Crippen molar-refractivity contribution >= 4 is 0 Å². The van der Waals surface area contributed by atoms with Crippen LogP contribution >= 0.6 is 0 Å². The lowest BCUT2D eigenvalue weighted by Crippen LogP contribution is -2.02. The van der Waals surface area contributed by atoms with Crippen LogP contribution in [0.25, 0.3) is 11.1 Å². The fourth-order valence-electron chi connectivity index (χ4n) is 1.90. The van der Waals surface area contributed by atoms with Crippen LogP contribution in [0.2, 0.25) is 0 Å². The number of pyridine rings is 2. The zero-order valence-electron chi connectivity index (χ0n) is 10.9. The summed E-state index contributed by atoms with van der Waals surface area (Å²) < 4.78 is 0. The third-order valence-corrected chi connectivity index (χ3v) is 2.80. The second-order valence-electron chi connectivity index (χ2n) is 3.92. The van der Waals surface area contributed by atoms with Gasteiger partial charge in [-0.15, -0.1) is 0 Å². The lowest BCUT2D eigenvalue weighted by Gasteiger charge is -2.09. The van der Waals surface area contributed by atoms with Gasteiger partial charge in [0.2, 0.25) is 0 Å². The summed E-state index contributed by atoms with van der Waals surface area (Å²) in [5.41, 5.74) is -0.200. The molecule has 0 N–H and O–H groups in total. The lowest BCUT2D eigenvalue weighted by atomic mass is 9.94. The Hall–Kier alpha value is -4.25. The second-order valence-corrected chi connectivity index (χ2v) is 3.92. The molecule has 0 amide bonds. The third-order valence-electron chi connectivity index (χ3n) is 2.80. The molecule has 0 unspecified atom stereocenters. The topological polar surface area (TPSA) is 145 Å². The normalized spacial score (nSPS) is 8.68. The highest BCUT2D eigenvalue weighted by Crippen LogP contribution is 2.30. The van der Waals surface area contributed by atoms with Gasteiger partial charge in [0.25, 0.3) is 0 Å². The summed E-state index contributed by atoms with van der Waals surface area (Å²) in [5.74, 6) is 0. The van der Waals surface area contributed by atoms with Gasteiger partial charge in [-0.25, -0.2) is 9.97 Å². The van der Waals surface area contributed by atoms with E-state index in [9.17, 15) is 10.5 Å². The van der Waals surface area contributed by atoms with E-state index in [4.69, 9.17) is 15.8 Å². The van der Waals surface area contributed by atoms with E-state index in [1.807, 2.05) is 18.2 Å². The summed E-state index contributed by atoms with van der Waals surface area (Å²) in [5, 5.41) is 45.6. The highest BCUT2D eigenvalue weighted by Gasteiger charge is 2.21. The van der Waals surface area contributed by atoms with Gasteiger partial charge in [-0.05, 0) is 17.7 Å². The van der Waals surface area contributed by atoms with E-state index in [1.54, 1.807) is 12.1 Å². The van der Waals surface area contributed by atoms with Crippen molar-refractivity contribution in [2.45, 2.75) is 0 Å². The predicted octanol–water partition coefficient (Wildman–Crippen LogP) is 1.50. The Morgan fingerprint density at radius 3 is 1.82 bits per heavy atom. The molecule has 0 atom stereocenters. The molecule has 7 nitrogen and oxygen atoms in total. The summed E-state index contributed by atoms with van der Waals surface area (Å²) in [6.45, 7) is 0. The fourth-order valence-corrected chi connectivity index (χ4v) is 1.90. The van der Waals surface area contributed by atoms with Crippen LogP contribution in [0.3, 0.4) is 0 Å². The first kappa shape index (κ1) is 14.2. The molecule has 98 valence electrons. The number of rotatable bonds is 1. The molecule has 2 heterocycles. The number of nitriles is 5. The molecule has 0 spiro atoms. The van der Waals surface area contributed by atoms with E-state index >= 15 is 0 Å². The van der Waals surface area contributed by atoms with Gasteiger partial charge in [0.15, 0.2) is 11.4 Å². The van der Waals surface area contributed by atoms with Gasteiger partial charge in [-0.3, -0.25) is 0 Å². The SMILES string of the molecule is N#Cc1cc(-c2c(C#N)c(C#N)nc(C#N)c2C#N)ccn1. The van der Waals surface area contributed by atoms with Crippen molar-refractivity contribution in [1.29, 1.82) is 26.3 Å². The Kier molecular flexibility index (Phi) is 3.74. The average Bonchev–Trinajstić information content (AvgIpc) is 2.59. The minimum absolute atomic E-state index is 0.0825. The van der Waals surface area contributed by atoms with Gasteiger partial charge < -0.3 is 0 Å². The lowest BCUT2D eigenvalue weighted by molar-refractivity contribution is 1.18. The summed E-state index contributed by atoms with van der Waals surface area (Å²) in [6.07, 6.45) is 1.34. The van der Waals surface area contributed by atoms with E-state index in [2.05, 4.69) is 9.97 Å². The Balaban J connectivity index is 3.00.